The second kappa shape index (κ2) is 8.96. The minimum Gasteiger partial charge on any atom is -0.452 e. The zero-order valence-electron chi connectivity index (χ0n) is 15.2. The highest BCUT2D eigenvalue weighted by Gasteiger charge is 2.24. The van der Waals surface area contributed by atoms with Crippen LogP contribution < -0.4 is 10.6 Å². The Labute approximate surface area is 158 Å². The van der Waals surface area contributed by atoms with Crippen LogP contribution in [0.4, 0.5) is 4.79 Å². The molecule has 2 rings (SSSR count). The Hall–Kier alpha value is -2.46. The van der Waals surface area contributed by atoms with Crippen molar-refractivity contribution in [1.82, 2.24) is 14.9 Å². The molecular formula is C17H23N3O6S. The van der Waals surface area contributed by atoms with Gasteiger partial charge >= 0.3 is 12.0 Å². The third kappa shape index (κ3) is 5.76. The lowest BCUT2D eigenvalue weighted by atomic mass is 10.2. The van der Waals surface area contributed by atoms with E-state index in [0.29, 0.717) is 13.1 Å². The van der Waals surface area contributed by atoms with E-state index in [-0.39, 0.29) is 16.5 Å². The van der Waals surface area contributed by atoms with Crippen molar-refractivity contribution in [2.24, 2.45) is 0 Å². The Morgan fingerprint density at radius 3 is 2.22 bits per heavy atom. The lowest BCUT2D eigenvalue weighted by molar-refractivity contribution is -0.123. The fourth-order valence-electron chi connectivity index (χ4n) is 2.30. The van der Waals surface area contributed by atoms with Gasteiger partial charge in [0.1, 0.15) is 0 Å². The SMILES string of the molecule is CCN(CC)S(=O)(=O)c1ccc(C(=O)OCC(=O)NC(=O)NC2CC2)cc1. The van der Waals surface area contributed by atoms with Crippen LogP contribution in [0.2, 0.25) is 0 Å². The monoisotopic (exact) mass is 397 g/mol. The summed E-state index contributed by atoms with van der Waals surface area (Å²) in [7, 11) is -3.62. The first kappa shape index (κ1) is 20.8. The lowest BCUT2D eigenvalue weighted by Crippen LogP contribution is -2.42. The number of carbonyl (C=O) groups excluding carboxylic acids is 3. The molecule has 0 bridgehead atoms. The molecule has 1 saturated carbocycles. The predicted octanol–water partition coefficient (Wildman–Crippen LogP) is 0.862. The van der Waals surface area contributed by atoms with Crippen LogP contribution in [0.25, 0.3) is 0 Å². The predicted molar refractivity (Wildman–Crippen MR) is 96.5 cm³/mol. The van der Waals surface area contributed by atoms with E-state index in [0.717, 1.165) is 12.8 Å². The Kier molecular flexibility index (Phi) is 6.92. The van der Waals surface area contributed by atoms with Gasteiger partial charge in [-0.3, -0.25) is 10.1 Å². The van der Waals surface area contributed by atoms with Gasteiger partial charge in [-0.25, -0.2) is 18.0 Å². The molecule has 0 aliphatic heterocycles. The van der Waals surface area contributed by atoms with Crippen molar-refractivity contribution in [3.8, 4) is 0 Å². The molecule has 2 N–H and O–H groups in total. The number of esters is 1. The molecule has 0 aromatic heterocycles. The third-order valence-corrected chi connectivity index (χ3v) is 6.00. The maximum Gasteiger partial charge on any atom is 0.338 e. The van der Waals surface area contributed by atoms with Crippen LogP contribution in [0.1, 0.15) is 37.0 Å². The zero-order chi connectivity index (χ0) is 20.0. The summed E-state index contributed by atoms with van der Waals surface area (Å²) in [5.74, 6) is -1.54. The highest BCUT2D eigenvalue weighted by Crippen LogP contribution is 2.18. The molecule has 1 aliphatic carbocycles. The number of urea groups is 1. The smallest absolute Gasteiger partial charge is 0.338 e. The minimum atomic E-state index is -3.62. The minimum absolute atomic E-state index is 0.0669. The molecule has 1 aromatic rings. The molecule has 10 heteroatoms. The van der Waals surface area contributed by atoms with E-state index < -0.39 is 34.5 Å². The number of benzene rings is 1. The summed E-state index contributed by atoms with van der Waals surface area (Å²) in [6.45, 7) is 3.54. The fourth-order valence-corrected chi connectivity index (χ4v) is 3.76. The molecule has 0 heterocycles. The number of amides is 3. The molecule has 0 saturated heterocycles. The van der Waals surface area contributed by atoms with Crippen LogP contribution in [0.15, 0.2) is 29.2 Å². The van der Waals surface area contributed by atoms with Gasteiger partial charge in [0.05, 0.1) is 10.5 Å². The van der Waals surface area contributed by atoms with Crippen molar-refractivity contribution in [1.29, 1.82) is 0 Å². The van der Waals surface area contributed by atoms with Crippen molar-refractivity contribution in [2.75, 3.05) is 19.7 Å². The number of hydrogen-bond acceptors (Lipinski definition) is 6. The maximum absolute atomic E-state index is 12.4. The normalized spacial score (nSPS) is 13.9. The molecule has 27 heavy (non-hydrogen) atoms. The van der Waals surface area contributed by atoms with Gasteiger partial charge < -0.3 is 10.1 Å². The van der Waals surface area contributed by atoms with Gasteiger partial charge in [0.2, 0.25) is 10.0 Å². The summed E-state index contributed by atoms with van der Waals surface area (Å²) in [6.07, 6.45) is 1.77. The second-order valence-corrected chi connectivity index (χ2v) is 7.92. The van der Waals surface area contributed by atoms with Crippen molar-refractivity contribution in [3.63, 3.8) is 0 Å². The number of hydrogen-bond donors (Lipinski definition) is 2. The molecule has 9 nitrogen and oxygen atoms in total. The second-order valence-electron chi connectivity index (χ2n) is 5.99. The van der Waals surface area contributed by atoms with E-state index in [1.54, 1.807) is 13.8 Å². The average molecular weight is 397 g/mol. The first-order valence-electron chi connectivity index (χ1n) is 8.65. The number of nitrogens with one attached hydrogen (secondary N) is 2. The number of imide groups is 1. The van der Waals surface area contributed by atoms with Crippen molar-refractivity contribution < 1.29 is 27.5 Å². The van der Waals surface area contributed by atoms with Crippen molar-refractivity contribution >= 4 is 27.9 Å². The van der Waals surface area contributed by atoms with Gasteiger partial charge in [0.25, 0.3) is 5.91 Å². The number of ether oxygens (including phenoxy) is 1. The summed E-state index contributed by atoms with van der Waals surface area (Å²) in [4.78, 5) is 35.0. The molecule has 0 radical (unpaired) electrons. The fraction of sp³-hybridized carbons (Fsp3) is 0.471. The van der Waals surface area contributed by atoms with Crippen molar-refractivity contribution in [2.45, 2.75) is 37.6 Å². The third-order valence-electron chi connectivity index (χ3n) is 3.93. The maximum atomic E-state index is 12.4. The summed E-state index contributed by atoms with van der Waals surface area (Å²) in [5, 5.41) is 4.63. The summed E-state index contributed by atoms with van der Waals surface area (Å²) >= 11 is 0. The summed E-state index contributed by atoms with van der Waals surface area (Å²) in [6, 6.07) is 4.74. The van der Waals surface area contributed by atoms with Gasteiger partial charge in [0.15, 0.2) is 6.61 Å². The van der Waals surface area contributed by atoms with E-state index in [9.17, 15) is 22.8 Å². The van der Waals surface area contributed by atoms with E-state index in [2.05, 4.69) is 10.6 Å². The Balaban J connectivity index is 1.89. The lowest BCUT2D eigenvalue weighted by Gasteiger charge is -2.18. The topological polar surface area (TPSA) is 122 Å². The Morgan fingerprint density at radius 1 is 1.11 bits per heavy atom. The molecule has 1 aliphatic rings. The van der Waals surface area contributed by atoms with Crippen LogP contribution >= 0.6 is 0 Å². The molecule has 0 spiro atoms. The van der Waals surface area contributed by atoms with Gasteiger partial charge in [-0.2, -0.15) is 4.31 Å². The standard InChI is InChI=1S/C17H23N3O6S/c1-3-20(4-2)27(24,25)14-9-5-12(6-10-14)16(22)26-11-15(21)19-17(23)18-13-7-8-13/h5-6,9-10,13H,3-4,7-8,11H2,1-2H3,(H2,18,19,21,23). The van der Waals surface area contributed by atoms with Crippen LogP contribution in [0.5, 0.6) is 0 Å². The summed E-state index contributed by atoms with van der Waals surface area (Å²) in [5.41, 5.74) is 0.101. The average Bonchev–Trinajstić information content (AvgIpc) is 3.44. The van der Waals surface area contributed by atoms with Crippen molar-refractivity contribution in [3.05, 3.63) is 29.8 Å². The van der Waals surface area contributed by atoms with Crippen LogP contribution in [0, 0.1) is 0 Å². The largest absolute Gasteiger partial charge is 0.452 e. The van der Waals surface area contributed by atoms with Gasteiger partial charge in [-0.15, -0.1) is 0 Å². The Bertz CT molecular complexity index is 798. The van der Waals surface area contributed by atoms with E-state index in [1.807, 2.05) is 0 Å². The quantitative estimate of drug-likeness (QED) is 0.628. The van der Waals surface area contributed by atoms with Gasteiger partial charge in [0, 0.05) is 19.1 Å². The van der Waals surface area contributed by atoms with Gasteiger partial charge in [-0.1, -0.05) is 13.8 Å². The van der Waals surface area contributed by atoms with Crippen LogP contribution in [-0.2, 0) is 19.6 Å². The van der Waals surface area contributed by atoms with E-state index in [1.165, 1.54) is 28.6 Å². The first-order chi connectivity index (χ1) is 12.8. The first-order valence-corrected chi connectivity index (χ1v) is 10.1. The van der Waals surface area contributed by atoms with Crippen LogP contribution in [-0.4, -0.2) is 56.4 Å². The molecule has 0 unspecified atom stereocenters. The van der Waals surface area contributed by atoms with E-state index >= 15 is 0 Å². The molecular weight excluding hydrogens is 374 g/mol. The molecule has 148 valence electrons. The highest BCUT2D eigenvalue weighted by atomic mass is 32.2. The highest BCUT2D eigenvalue weighted by molar-refractivity contribution is 7.89. The molecule has 1 aromatic carbocycles. The Morgan fingerprint density at radius 2 is 1.70 bits per heavy atom. The molecule has 1 fully saturated rings. The number of nitrogens with zero attached hydrogens (tertiary/aromatic N) is 1. The number of carbonyl (C=O) groups is 3. The molecule has 0 atom stereocenters. The number of rotatable bonds is 8. The van der Waals surface area contributed by atoms with Crippen LogP contribution in [0.3, 0.4) is 0 Å². The summed E-state index contributed by atoms with van der Waals surface area (Å²) < 4.78 is 30.9. The van der Waals surface area contributed by atoms with Gasteiger partial charge in [-0.05, 0) is 37.1 Å². The molecule has 3 amide bonds. The van der Waals surface area contributed by atoms with E-state index in [4.69, 9.17) is 4.74 Å². The number of sulfonamides is 1. The zero-order valence-corrected chi connectivity index (χ0v) is 16.0.